The minimum Gasteiger partial charge on any atom is -0.351 e. The maximum atomic E-state index is 13.3. The molecule has 1 saturated heterocycles. The van der Waals surface area contributed by atoms with Crippen LogP contribution in [0, 0.1) is 5.92 Å². The van der Waals surface area contributed by atoms with Crippen LogP contribution < -0.4 is 5.32 Å². The molecule has 1 aromatic carbocycles. The van der Waals surface area contributed by atoms with Crippen molar-refractivity contribution < 1.29 is 13.2 Å². The molecule has 0 radical (unpaired) electrons. The van der Waals surface area contributed by atoms with Crippen molar-refractivity contribution in [2.75, 3.05) is 32.7 Å². The van der Waals surface area contributed by atoms with Gasteiger partial charge in [0.25, 0.3) is 5.91 Å². The molecule has 0 aliphatic carbocycles. The molecule has 1 amide bonds. The van der Waals surface area contributed by atoms with E-state index >= 15 is 0 Å². The van der Waals surface area contributed by atoms with Crippen LogP contribution in [0.5, 0.6) is 0 Å². The zero-order valence-electron chi connectivity index (χ0n) is 18.0. The Labute approximate surface area is 189 Å². The highest BCUT2D eigenvalue weighted by atomic mass is 32.2. The number of hydrogen-bond acceptors (Lipinski definition) is 5. The lowest BCUT2D eigenvalue weighted by molar-refractivity contribution is 0.0943. The summed E-state index contributed by atoms with van der Waals surface area (Å²) in [6, 6.07) is 9.50. The third kappa shape index (κ3) is 5.19. The predicted octanol–water partition coefficient (Wildman–Crippen LogP) is 3.35. The molecule has 4 rings (SSSR count). The maximum absolute atomic E-state index is 13.3. The predicted molar refractivity (Wildman–Crippen MR) is 124 cm³/mol. The van der Waals surface area contributed by atoms with Gasteiger partial charge in [0, 0.05) is 26.2 Å². The minimum absolute atomic E-state index is 0.123. The highest BCUT2D eigenvalue weighted by Gasteiger charge is 2.32. The van der Waals surface area contributed by atoms with Gasteiger partial charge >= 0.3 is 0 Å². The summed E-state index contributed by atoms with van der Waals surface area (Å²) in [5.74, 6) is 0.0251. The monoisotopic (exact) mass is 461 g/mol. The zero-order chi connectivity index (χ0) is 21.8. The first-order valence-electron chi connectivity index (χ1n) is 11.1. The number of benzene rings is 1. The number of fused-ring (bicyclic) bond motifs is 1. The average Bonchev–Trinajstić information content (AvgIpc) is 3.29. The molecular formula is C23H31N3O3S2. The summed E-state index contributed by atoms with van der Waals surface area (Å²) in [5.41, 5.74) is 2.23. The minimum atomic E-state index is -3.72. The largest absolute Gasteiger partial charge is 0.351 e. The van der Waals surface area contributed by atoms with Crippen LogP contribution in [0.2, 0.25) is 0 Å². The number of sulfonamides is 1. The van der Waals surface area contributed by atoms with Crippen LogP contribution in [0.25, 0.3) is 0 Å². The van der Waals surface area contributed by atoms with Crippen molar-refractivity contribution in [2.45, 2.75) is 44.0 Å². The second-order valence-electron chi connectivity index (χ2n) is 8.65. The van der Waals surface area contributed by atoms with E-state index in [1.54, 1.807) is 11.4 Å². The zero-order valence-corrected chi connectivity index (χ0v) is 19.7. The van der Waals surface area contributed by atoms with Crippen molar-refractivity contribution in [3.63, 3.8) is 0 Å². The van der Waals surface area contributed by atoms with E-state index in [0.717, 1.165) is 25.2 Å². The van der Waals surface area contributed by atoms with Gasteiger partial charge in [0.05, 0.1) is 0 Å². The van der Waals surface area contributed by atoms with E-state index < -0.39 is 10.0 Å². The fourth-order valence-electron chi connectivity index (χ4n) is 4.47. The van der Waals surface area contributed by atoms with Gasteiger partial charge in [-0.3, -0.25) is 4.79 Å². The molecule has 2 aliphatic rings. The van der Waals surface area contributed by atoms with Crippen LogP contribution in [0.4, 0.5) is 0 Å². The molecule has 6 nitrogen and oxygen atoms in total. The third-order valence-corrected chi connectivity index (χ3v) is 9.11. The SMILES string of the molecule is CC(CNC(=O)c1sccc1S(=O)(=O)N1CCc2ccccc2C1)CN1CCCCC1. The van der Waals surface area contributed by atoms with Gasteiger partial charge in [0.15, 0.2) is 0 Å². The van der Waals surface area contributed by atoms with Gasteiger partial charge in [0.2, 0.25) is 10.0 Å². The third-order valence-electron chi connectivity index (χ3n) is 6.18. The number of likely N-dealkylation sites (tertiary alicyclic amines) is 1. The van der Waals surface area contributed by atoms with Crippen molar-refractivity contribution in [1.82, 2.24) is 14.5 Å². The van der Waals surface area contributed by atoms with Gasteiger partial charge in [-0.05, 0) is 60.8 Å². The highest BCUT2D eigenvalue weighted by Crippen LogP contribution is 2.29. The lowest BCUT2D eigenvalue weighted by Crippen LogP contribution is -2.39. The van der Waals surface area contributed by atoms with Gasteiger partial charge in [-0.1, -0.05) is 37.6 Å². The summed E-state index contributed by atoms with van der Waals surface area (Å²) < 4.78 is 28.2. The Kier molecular flexibility index (Phi) is 7.11. The smallest absolute Gasteiger partial charge is 0.262 e. The van der Waals surface area contributed by atoms with Crippen LogP contribution in [0.1, 0.15) is 47.0 Å². The molecule has 0 bridgehead atoms. The Morgan fingerprint density at radius 1 is 1.10 bits per heavy atom. The molecule has 1 aromatic heterocycles. The van der Waals surface area contributed by atoms with Crippen molar-refractivity contribution >= 4 is 27.3 Å². The summed E-state index contributed by atoms with van der Waals surface area (Å²) in [4.78, 5) is 15.7. The second-order valence-corrected chi connectivity index (χ2v) is 11.5. The first-order valence-corrected chi connectivity index (χ1v) is 13.4. The first-order chi connectivity index (χ1) is 14.9. The van der Waals surface area contributed by atoms with Gasteiger partial charge in [-0.15, -0.1) is 11.3 Å². The number of rotatable bonds is 7. The van der Waals surface area contributed by atoms with E-state index in [2.05, 4.69) is 17.1 Å². The molecule has 1 N–H and O–H groups in total. The number of nitrogens with one attached hydrogen (secondary N) is 1. The molecule has 1 unspecified atom stereocenters. The summed E-state index contributed by atoms with van der Waals surface area (Å²) >= 11 is 1.19. The van der Waals surface area contributed by atoms with Gasteiger partial charge in [0.1, 0.15) is 9.77 Å². The molecule has 3 heterocycles. The molecule has 31 heavy (non-hydrogen) atoms. The number of amides is 1. The Hall–Kier alpha value is -1.74. The molecule has 8 heteroatoms. The van der Waals surface area contributed by atoms with Crippen molar-refractivity contribution in [1.29, 1.82) is 0 Å². The fraction of sp³-hybridized carbons (Fsp3) is 0.522. The van der Waals surface area contributed by atoms with E-state index in [9.17, 15) is 13.2 Å². The first kappa shape index (κ1) is 22.5. The van der Waals surface area contributed by atoms with Gasteiger partial charge in [-0.25, -0.2) is 8.42 Å². The van der Waals surface area contributed by atoms with Crippen LogP contribution in [0.15, 0.2) is 40.6 Å². The number of hydrogen-bond donors (Lipinski definition) is 1. The lowest BCUT2D eigenvalue weighted by atomic mass is 10.0. The standard InChI is InChI=1S/C23H31N3O3S2/c1-18(16-25-11-5-2-6-12-25)15-24-23(27)22-21(10-14-30-22)31(28,29)26-13-9-19-7-3-4-8-20(19)17-26/h3-4,7-8,10,14,18H,2,5-6,9,11-13,15-17H2,1H3,(H,24,27). The normalized spacial score (nSPS) is 19.0. The summed E-state index contributed by atoms with van der Waals surface area (Å²) in [6.45, 7) is 6.68. The highest BCUT2D eigenvalue weighted by molar-refractivity contribution is 7.89. The molecule has 2 aliphatic heterocycles. The molecule has 0 spiro atoms. The van der Waals surface area contributed by atoms with E-state index in [-0.39, 0.29) is 15.7 Å². The topological polar surface area (TPSA) is 69.7 Å². The molecular weight excluding hydrogens is 430 g/mol. The van der Waals surface area contributed by atoms with Gasteiger partial charge in [-0.2, -0.15) is 4.31 Å². The summed E-state index contributed by atoms with van der Waals surface area (Å²) in [5, 5.41) is 4.66. The average molecular weight is 462 g/mol. The molecule has 0 saturated carbocycles. The Balaban J connectivity index is 1.40. The number of thiophene rings is 1. The Morgan fingerprint density at radius 2 is 1.84 bits per heavy atom. The fourth-order valence-corrected chi connectivity index (χ4v) is 7.21. The van der Waals surface area contributed by atoms with Gasteiger partial charge < -0.3 is 10.2 Å². The molecule has 2 aromatic rings. The number of carbonyl (C=O) groups excluding carboxylic acids is 1. The van der Waals surface area contributed by atoms with Crippen LogP contribution >= 0.6 is 11.3 Å². The number of piperidine rings is 1. The van der Waals surface area contributed by atoms with Crippen molar-refractivity contribution in [3.05, 3.63) is 51.7 Å². The van der Waals surface area contributed by atoms with E-state index in [1.807, 2.05) is 24.3 Å². The van der Waals surface area contributed by atoms with Crippen molar-refractivity contribution in [3.8, 4) is 0 Å². The van der Waals surface area contributed by atoms with Crippen LogP contribution in [-0.4, -0.2) is 56.3 Å². The Bertz CT molecular complexity index is 1010. The van der Waals surface area contributed by atoms with Crippen molar-refractivity contribution in [2.24, 2.45) is 5.92 Å². The summed E-state index contributed by atoms with van der Waals surface area (Å²) in [6.07, 6.45) is 4.49. The second kappa shape index (κ2) is 9.81. The maximum Gasteiger partial charge on any atom is 0.262 e. The number of nitrogens with zero attached hydrogens (tertiary/aromatic N) is 2. The van der Waals surface area contributed by atoms with E-state index in [1.165, 1.54) is 40.5 Å². The summed E-state index contributed by atoms with van der Waals surface area (Å²) in [7, 11) is -3.72. The Morgan fingerprint density at radius 3 is 2.61 bits per heavy atom. The quantitative estimate of drug-likeness (QED) is 0.687. The van der Waals surface area contributed by atoms with E-state index in [4.69, 9.17) is 0 Å². The van der Waals surface area contributed by atoms with Crippen LogP contribution in [-0.2, 0) is 23.0 Å². The molecule has 1 atom stereocenters. The number of carbonyl (C=O) groups is 1. The molecule has 1 fully saturated rings. The van der Waals surface area contributed by atoms with E-state index in [0.29, 0.717) is 32.0 Å². The lowest BCUT2D eigenvalue weighted by Gasteiger charge is -2.29. The molecule has 168 valence electrons. The van der Waals surface area contributed by atoms with Crippen LogP contribution in [0.3, 0.4) is 0 Å².